The average molecular weight is 311 g/mol. The fourth-order valence-corrected chi connectivity index (χ4v) is 4.15. The van der Waals surface area contributed by atoms with Gasteiger partial charge in [-0.1, -0.05) is 0 Å². The van der Waals surface area contributed by atoms with Crippen LogP contribution in [-0.2, 0) is 9.47 Å². The number of hydrogen-bond donors (Lipinski definition) is 0. The Balaban J connectivity index is 1.68. The summed E-state index contributed by atoms with van der Waals surface area (Å²) in [5.41, 5.74) is 0.244. The topological polar surface area (TPSA) is 37.8 Å². The number of rotatable bonds is 4. The van der Waals surface area contributed by atoms with Crippen LogP contribution in [0.25, 0.3) is 0 Å². The molecule has 0 N–H and O–H groups in total. The number of aromatic nitrogens is 1. The normalized spacial score (nSPS) is 28.0. The van der Waals surface area contributed by atoms with Gasteiger partial charge in [0.1, 0.15) is 0 Å². The molecule has 0 amide bonds. The van der Waals surface area contributed by atoms with Crippen molar-refractivity contribution in [3.05, 3.63) is 11.6 Å². The molecular weight excluding hydrogens is 286 g/mol. The minimum atomic E-state index is 0.244. The molecule has 2 aliphatic rings. The van der Waals surface area contributed by atoms with Gasteiger partial charge in [0.05, 0.1) is 19.8 Å². The van der Waals surface area contributed by atoms with Crippen molar-refractivity contribution in [1.82, 2.24) is 9.88 Å². The van der Waals surface area contributed by atoms with Gasteiger partial charge in [0.2, 0.25) is 0 Å². The first-order valence-corrected chi connectivity index (χ1v) is 8.63. The van der Waals surface area contributed by atoms with E-state index in [1.165, 1.54) is 12.8 Å². The van der Waals surface area contributed by atoms with Crippen LogP contribution < -0.4 is 4.90 Å². The van der Waals surface area contributed by atoms with E-state index in [0.717, 1.165) is 57.7 Å². The molecule has 0 aliphatic carbocycles. The van der Waals surface area contributed by atoms with Crippen molar-refractivity contribution in [2.45, 2.75) is 12.8 Å². The summed E-state index contributed by atoms with van der Waals surface area (Å²) < 4.78 is 11.2. The third kappa shape index (κ3) is 3.74. The van der Waals surface area contributed by atoms with E-state index >= 15 is 0 Å². The summed E-state index contributed by atoms with van der Waals surface area (Å²) in [6.45, 7) is 7.81. The number of piperidine rings is 1. The molecule has 0 saturated carbocycles. The first-order chi connectivity index (χ1) is 10.3. The second-order valence-electron chi connectivity index (χ2n) is 6.16. The molecule has 1 atom stereocenters. The van der Waals surface area contributed by atoms with Crippen molar-refractivity contribution in [1.29, 1.82) is 0 Å². The maximum atomic E-state index is 5.94. The predicted octanol–water partition coefficient (Wildman–Crippen LogP) is 1.71. The Labute approximate surface area is 130 Å². The highest BCUT2D eigenvalue weighted by atomic mass is 32.1. The Bertz CT molecular complexity index is 429. The molecule has 0 unspecified atom stereocenters. The van der Waals surface area contributed by atoms with Gasteiger partial charge >= 0.3 is 0 Å². The Kier molecular flexibility index (Phi) is 5.11. The second kappa shape index (κ2) is 7.05. The molecule has 3 heterocycles. The average Bonchev–Trinajstić information content (AvgIpc) is 2.97. The summed E-state index contributed by atoms with van der Waals surface area (Å²) in [5, 5.41) is 3.22. The lowest BCUT2D eigenvalue weighted by molar-refractivity contribution is 0.0545. The van der Waals surface area contributed by atoms with Crippen LogP contribution in [0, 0.1) is 5.41 Å². The van der Waals surface area contributed by atoms with Gasteiger partial charge < -0.3 is 14.4 Å². The highest BCUT2D eigenvalue weighted by Crippen LogP contribution is 2.35. The van der Waals surface area contributed by atoms with Gasteiger partial charge in [-0.25, -0.2) is 4.98 Å². The number of hydrogen-bond acceptors (Lipinski definition) is 6. The molecule has 2 saturated heterocycles. The lowest BCUT2D eigenvalue weighted by Gasteiger charge is -2.43. The van der Waals surface area contributed by atoms with Crippen LogP contribution in [0.3, 0.4) is 0 Å². The lowest BCUT2D eigenvalue weighted by Crippen LogP contribution is -2.51. The van der Waals surface area contributed by atoms with E-state index in [1.54, 1.807) is 18.4 Å². The van der Waals surface area contributed by atoms with Gasteiger partial charge in [-0.15, -0.1) is 11.3 Å². The molecule has 0 radical (unpaired) electrons. The fourth-order valence-electron chi connectivity index (χ4n) is 3.48. The molecular formula is C15H25N3O2S. The molecule has 1 spiro atoms. The molecule has 2 fully saturated rings. The molecule has 0 bridgehead atoms. The Morgan fingerprint density at radius 1 is 1.43 bits per heavy atom. The first-order valence-electron chi connectivity index (χ1n) is 7.75. The van der Waals surface area contributed by atoms with Gasteiger partial charge in [-0.2, -0.15) is 0 Å². The number of anilines is 1. The van der Waals surface area contributed by atoms with Crippen LogP contribution in [0.1, 0.15) is 12.8 Å². The molecule has 1 aromatic rings. The van der Waals surface area contributed by atoms with Crippen LogP contribution >= 0.6 is 11.3 Å². The summed E-state index contributed by atoms with van der Waals surface area (Å²) >= 11 is 1.74. The smallest absolute Gasteiger partial charge is 0.185 e. The molecule has 0 aromatic carbocycles. The van der Waals surface area contributed by atoms with E-state index in [0.29, 0.717) is 0 Å². The third-order valence-electron chi connectivity index (χ3n) is 4.48. The Morgan fingerprint density at radius 3 is 3.19 bits per heavy atom. The summed E-state index contributed by atoms with van der Waals surface area (Å²) in [6, 6.07) is 0. The zero-order chi connectivity index (χ0) is 14.5. The van der Waals surface area contributed by atoms with Crippen molar-refractivity contribution in [3.8, 4) is 0 Å². The summed E-state index contributed by atoms with van der Waals surface area (Å²) in [7, 11) is 1.77. The highest BCUT2D eigenvalue weighted by molar-refractivity contribution is 7.13. The van der Waals surface area contributed by atoms with Gasteiger partial charge in [-0.3, -0.25) is 4.90 Å². The lowest BCUT2D eigenvalue weighted by atomic mass is 9.80. The Morgan fingerprint density at radius 2 is 2.38 bits per heavy atom. The first kappa shape index (κ1) is 15.2. The maximum Gasteiger partial charge on any atom is 0.185 e. The zero-order valence-corrected chi connectivity index (χ0v) is 13.6. The molecule has 6 heteroatoms. The summed E-state index contributed by atoms with van der Waals surface area (Å²) in [4.78, 5) is 9.42. The fraction of sp³-hybridized carbons (Fsp3) is 0.800. The molecule has 21 heavy (non-hydrogen) atoms. The van der Waals surface area contributed by atoms with Crippen LogP contribution in [-0.4, -0.2) is 69.5 Å². The van der Waals surface area contributed by atoms with Crippen molar-refractivity contribution >= 4 is 16.5 Å². The third-order valence-corrected chi connectivity index (χ3v) is 5.31. The zero-order valence-electron chi connectivity index (χ0n) is 12.8. The number of thiazole rings is 1. The van der Waals surface area contributed by atoms with Gasteiger partial charge in [0, 0.05) is 56.8 Å². The Hall–Kier alpha value is -0.690. The number of methoxy groups -OCH3 is 1. The minimum absolute atomic E-state index is 0.244. The quantitative estimate of drug-likeness (QED) is 0.846. The number of ether oxygens (including phenoxy) is 2. The standard InChI is InChI=1S/C15H25N3O2S/c1-19-8-6-17-7-9-20-13-15(11-17)3-2-5-18(12-15)14-16-4-10-21-14/h4,10H,2-3,5-9,11-13H2,1H3/t15-/m1/s1. The van der Waals surface area contributed by atoms with Crippen molar-refractivity contribution in [2.75, 3.05) is 64.6 Å². The molecule has 5 nitrogen and oxygen atoms in total. The van der Waals surface area contributed by atoms with E-state index in [2.05, 4.69) is 20.2 Å². The monoisotopic (exact) mass is 311 g/mol. The molecule has 2 aliphatic heterocycles. The van der Waals surface area contributed by atoms with Crippen molar-refractivity contribution in [3.63, 3.8) is 0 Å². The van der Waals surface area contributed by atoms with Gasteiger partial charge in [0.25, 0.3) is 0 Å². The van der Waals surface area contributed by atoms with Crippen molar-refractivity contribution < 1.29 is 9.47 Å². The van der Waals surface area contributed by atoms with Crippen LogP contribution in [0.5, 0.6) is 0 Å². The van der Waals surface area contributed by atoms with E-state index in [4.69, 9.17) is 9.47 Å². The number of nitrogens with zero attached hydrogens (tertiary/aromatic N) is 3. The largest absolute Gasteiger partial charge is 0.383 e. The highest BCUT2D eigenvalue weighted by Gasteiger charge is 2.39. The molecule has 3 rings (SSSR count). The second-order valence-corrected chi connectivity index (χ2v) is 7.03. The molecule has 1 aromatic heterocycles. The van der Waals surface area contributed by atoms with Crippen molar-refractivity contribution in [2.24, 2.45) is 5.41 Å². The summed E-state index contributed by atoms with van der Waals surface area (Å²) in [6.07, 6.45) is 4.37. The van der Waals surface area contributed by atoms with E-state index < -0.39 is 0 Å². The maximum absolute atomic E-state index is 5.94. The van der Waals surface area contributed by atoms with Crippen LogP contribution in [0.15, 0.2) is 11.6 Å². The van der Waals surface area contributed by atoms with E-state index in [9.17, 15) is 0 Å². The molecule has 118 valence electrons. The SMILES string of the molecule is COCCN1CCOC[C@]2(CCCN(c3nccs3)C2)C1. The van der Waals surface area contributed by atoms with E-state index in [-0.39, 0.29) is 5.41 Å². The van der Waals surface area contributed by atoms with Crippen LogP contribution in [0.2, 0.25) is 0 Å². The summed E-state index contributed by atoms with van der Waals surface area (Å²) in [5.74, 6) is 0. The van der Waals surface area contributed by atoms with Crippen LogP contribution in [0.4, 0.5) is 5.13 Å². The predicted molar refractivity (Wildman–Crippen MR) is 85.1 cm³/mol. The van der Waals surface area contributed by atoms with Gasteiger partial charge in [0.15, 0.2) is 5.13 Å². The minimum Gasteiger partial charge on any atom is -0.383 e. The van der Waals surface area contributed by atoms with Gasteiger partial charge in [-0.05, 0) is 12.8 Å². The van der Waals surface area contributed by atoms with E-state index in [1.807, 2.05) is 6.20 Å².